The molecule has 0 aromatic carbocycles. The third kappa shape index (κ3) is 6.13. The van der Waals surface area contributed by atoms with Crippen LogP contribution >= 0.6 is 0 Å². The molecule has 0 aromatic heterocycles. The molecule has 3 rings (SSSR count). The number of rotatable bonds is 8. The fourth-order valence-electron chi connectivity index (χ4n) is 5.72. The first-order valence-corrected chi connectivity index (χ1v) is 11.7. The van der Waals surface area contributed by atoms with Crippen LogP contribution in [0.3, 0.4) is 0 Å². The molecule has 0 spiro atoms. The van der Waals surface area contributed by atoms with Crippen LogP contribution in [0.1, 0.15) is 103 Å². The van der Waals surface area contributed by atoms with E-state index in [0.29, 0.717) is 5.91 Å². The van der Waals surface area contributed by atoms with Crippen molar-refractivity contribution >= 4 is 5.91 Å². The summed E-state index contributed by atoms with van der Waals surface area (Å²) in [5.41, 5.74) is 1.46. The molecule has 2 nitrogen and oxygen atoms in total. The summed E-state index contributed by atoms with van der Waals surface area (Å²) in [4.78, 5) is 14.7. The summed E-state index contributed by atoms with van der Waals surface area (Å²) in [6.45, 7) is 6.40. The lowest BCUT2D eigenvalue weighted by atomic mass is 9.75. The molecule has 3 aliphatic rings. The molecular weight excluding hydrogens is 318 g/mol. The van der Waals surface area contributed by atoms with E-state index >= 15 is 0 Å². The zero-order valence-corrected chi connectivity index (χ0v) is 17.0. The Morgan fingerprint density at radius 1 is 0.808 bits per heavy atom. The molecule has 0 aromatic rings. The number of likely N-dealkylation sites (tertiary alicyclic amines) is 1. The van der Waals surface area contributed by atoms with Crippen molar-refractivity contribution in [3.8, 4) is 0 Å². The van der Waals surface area contributed by atoms with Crippen molar-refractivity contribution in [3.63, 3.8) is 0 Å². The van der Waals surface area contributed by atoms with E-state index in [1.165, 1.54) is 95.5 Å². The molecule has 2 heteroatoms. The van der Waals surface area contributed by atoms with Crippen molar-refractivity contribution < 1.29 is 4.79 Å². The van der Waals surface area contributed by atoms with E-state index in [0.717, 1.165) is 43.7 Å². The minimum absolute atomic E-state index is 0.426. The molecule has 0 N–H and O–H groups in total. The molecule has 1 amide bonds. The summed E-state index contributed by atoms with van der Waals surface area (Å²) in [5.74, 6) is 3.07. The van der Waals surface area contributed by atoms with Crippen LogP contribution in [0.15, 0.2) is 12.2 Å². The molecular formula is C24H41NO. The molecule has 2 atom stereocenters. The van der Waals surface area contributed by atoms with E-state index in [1.54, 1.807) is 0 Å². The first kappa shape index (κ1) is 20.0. The zero-order chi connectivity index (χ0) is 18.2. The average Bonchev–Trinajstić information content (AvgIpc) is 2.68. The Morgan fingerprint density at radius 2 is 1.50 bits per heavy atom. The maximum atomic E-state index is 12.5. The second-order valence-electron chi connectivity index (χ2n) is 9.45. The number of carbonyl (C=O) groups is 1. The van der Waals surface area contributed by atoms with Gasteiger partial charge >= 0.3 is 0 Å². The highest BCUT2D eigenvalue weighted by Crippen LogP contribution is 2.36. The molecule has 2 unspecified atom stereocenters. The van der Waals surface area contributed by atoms with Gasteiger partial charge in [0.2, 0.25) is 5.91 Å². The lowest BCUT2D eigenvalue weighted by Gasteiger charge is -2.41. The number of unbranched alkanes of at least 4 members (excludes halogenated alkanes) is 2. The van der Waals surface area contributed by atoms with Gasteiger partial charge in [-0.25, -0.2) is 0 Å². The van der Waals surface area contributed by atoms with Crippen molar-refractivity contribution in [2.24, 2.45) is 17.8 Å². The number of hydrogen-bond donors (Lipinski definition) is 0. The van der Waals surface area contributed by atoms with Gasteiger partial charge in [0.25, 0.3) is 0 Å². The predicted molar refractivity (Wildman–Crippen MR) is 110 cm³/mol. The van der Waals surface area contributed by atoms with Crippen molar-refractivity contribution in [3.05, 3.63) is 12.2 Å². The molecule has 148 valence electrons. The summed E-state index contributed by atoms with van der Waals surface area (Å²) in [7, 11) is 0. The molecule has 0 bridgehead atoms. The Labute approximate surface area is 161 Å². The first-order valence-electron chi connectivity index (χ1n) is 11.7. The highest BCUT2D eigenvalue weighted by Gasteiger charge is 2.32. The largest absolute Gasteiger partial charge is 0.342 e. The van der Waals surface area contributed by atoms with E-state index < -0.39 is 0 Å². The summed E-state index contributed by atoms with van der Waals surface area (Å²) >= 11 is 0. The third-order valence-electron chi connectivity index (χ3n) is 7.37. The standard InChI is InChI=1S/C24H41NO/c1-20(18-21-11-5-3-6-12-21)10-4-2-7-15-24(26)25-17-16-22-13-8-9-14-23(22)19-25/h21-23H,1-19H2. The fourth-order valence-corrected chi connectivity index (χ4v) is 5.72. The van der Waals surface area contributed by atoms with Crippen LogP contribution in [0.4, 0.5) is 0 Å². The van der Waals surface area contributed by atoms with Crippen molar-refractivity contribution in [1.82, 2.24) is 4.90 Å². The van der Waals surface area contributed by atoms with Crippen molar-refractivity contribution in [1.29, 1.82) is 0 Å². The summed E-state index contributed by atoms with van der Waals surface area (Å²) in [5, 5.41) is 0. The third-order valence-corrected chi connectivity index (χ3v) is 7.37. The van der Waals surface area contributed by atoms with Gasteiger partial charge in [-0.05, 0) is 56.3 Å². The molecule has 3 fully saturated rings. The number of amides is 1. The molecule has 1 heterocycles. The van der Waals surface area contributed by atoms with Gasteiger partial charge in [0, 0.05) is 19.5 Å². The van der Waals surface area contributed by atoms with Crippen LogP contribution < -0.4 is 0 Å². The number of nitrogens with zero attached hydrogens (tertiary/aromatic N) is 1. The zero-order valence-electron chi connectivity index (χ0n) is 17.0. The van der Waals surface area contributed by atoms with E-state index in [2.05, 4.69) is 11.5 Å². The lowest BCUT2D eigenvalue weighted by molar-refractivity contribution is -0.134. The predicted octanol–water partition coefficient (Wildman–Crippen LogP) is 6.50. The Balaban J connectivity index is 1.24. The van der Waals surface area contributed by atoms with Crippen molar-refractivity contribution in [2.45, 2.75) is 103 Å². The van der Waals surface area contributed by atoms with Crippen molar-refractivity contribution in [2.75, 3.05) is 13.1 Å². The summed E-state index contributed by atoms with van der Waals surface area (Å²) in [6.07, 6.45) is 20.7. The van der Waals surface area contributed by atoms with Gasteiger partial charge in [-0.2, -0.15) is 0 Å². The highest BCUT2D eigenvalue weighted by atomic mass is 16.2. The van der Waals surface area contributed by atoms with Gasteiger partial charge in [0.1, 0.15) is 0 Å². The maximum absolute atomic E-state index is 12.5. The molecule has 2 saturated carbocycles. The van der Waals surface area contributed by atoms with Crippen LogP contribution in [0.25, 0.3) is 0 Å². The molecule has 1 aliphatic heterocycles. The molecule has 26 heavy (non-hydrogen) atoms. The lowest BCUT2D eigenvalue weighted by Crippen LogP contribution is -2.44. The van der Waals surface area contributed by atoms with Gasteiger partial charge in [-0.3, -0.25) is 4.79 Å². The maximum Gasteiger partial charge on any atom is 0.222 e. The van der Waals surface area contributed by atoms with Gasteiger partial charge < -0.3 is 4.90 Å². The fraction of sp³-hybridized carbons (Fsp3) is 0.875. The normalized spacial score (nSPS) is 27.2. The number of piperidine rings is 1. The minimum atomic E-state index is 0.426. The smallest absolute Gasteiger partial charge is 0.222 e. The number of fused-ring (bicyclic) bond motifs is 1. The number of carbonyl (C=O) groups excluding carboxylic acids is 1. The molecule has 2 aliphatic carbocycles. The Morgan fingerprint density at radius 3 is 2.31 bits per heavy atom. The van der Waals surface area contributed by atoms with Crippen LogP contribution in [-0.4, -0.2) is 23.9 Å². The summed E-state index contributed by atoms with van der Waals surface area (Å²) in [6, 6.07) is 0. The van der Waals surface area contributed by atoms with Gasteiger partial charge in [-0.15, -0.1) is 0 Å². The average molecular weight is 360 g/mol. The second kappa shape index (κ2) is 10.5. The number of allylic oxidation sites excluding steroid dienone is 1. The topological polar surface area (TPSA) is 20.3 Å². The minimum Gasteiger partial charge on any atom is -0.342 e. The second-order valence-corrected chi connectivity index (χ2v) is 9.45. The summed E-state index contributed by atoms with van der Waals surface area (Å²) < 4.78 is 0. The van der Waals surface area contributed by atoms with E-state index in [9.17, 15) is 4.79 Å². The molecule has 0 radical (unpaired) electrons. The van der Waals surface area contributed by atoms with E-state index in [4.69, 9.17) is 0 Å². The van der Waals surface area contributed by atoms with Crippen LogP contribution in [0.5, 0.6) is 0 Å². The first-order chi connectivity index (χ1) is 12.7. The van der Waals surface area contributed by atoms with Gasteiger partial charge in [-0.1, -0.05) is 69.9 Å². The molecule has 1 saturated heterocycles. The van der Waals surface area contributed by atoms with Crippen LogP contribution in [-0.2, 0) is 4.79 Å². The van der Waals surface area contributed by atoms with Gasteiger partial charge in [0.15, 0.2) is 0 Å². The number of hydrogen-bond acceptors (Lipinski definition) is 1. The quantitative estimate of drug-likeness (QED) is 0.358. The van der Waals surface area contributed by atoms with Crippen LogP contribution in [0, 0.1) is 17.8 Å². The van der Waals surface area contributed by atoms with Crippen LogP contribution in [0.2, 0.25) is 0 Å². The van der Waals surface area contributed by atoms with E-state index in [-0.39, 0.29) is 0 Å². The highest BCUT2D eigenvalue weighted by molar-refractivity contribution is 5.76. The van der Waals surface area contributed by atoms with E-state index in [1.807, 2.05) is 0 Å². The SMILES string of the molecule is C=C(CCCCCC(=O)N1CCC2CCCCC2C1)CC1CCCCC1. The Bertz CT molecular complexity index is 451. The van der Waals surface area contributed by atoms with Gasteiger partial charge in [0.05, 0.1) is 0 Å². The Hall–Kier alpha value is -0.790. The monoisotopic (exact) mass is 359 g/mol. The Kier molecular flexibility index (Phi) is 8.08.